The van der Waals surface area contributed by atoms with E-state index in [1.165, 1.54) is 22.3 Å². The van der Waals surface area contributed by atoms with E-state index in [2.05, 4.69) is 78.3 Å². The maximum atomic E-state index is 5.35. The topological polar surface area (TPSA) is 36.1 Å². The molecule has 3 nitrogen and oxygen atoms in total. The number of benzene rings is 2. The third-order valence-corrected chi connectivity index (χ3v) is 3.94. The molecule has 4 heteroatoms. The number of aryl methyl sites for hydroxylation is 2. The van der Waals surface area contributed by atoms with Crippen LogP contribution in [0.15, 0.2) is 48.5 Å². The van der Waals surface area contributed by atoms with Crippen molar-refractivity contribution in [2.45, 2.75) is 26.2 Å². The van der Waals surface area contributed by atoms with Gasteiger partial charge in [0.25, 0.3) is 0 Å². The first-order valence-electron chi connectivity index (χ1n) is 7.08. The smallest absolute Gasteiger partial charge is 0.169 e. The minimum Gasteiger partial charge on any atom is -0.343 e. The fourth-order valence-corrected chi connectivity index (χ4v) is 2.67. The molecule has 2 atom stereocenters. The third kappa shape index (κ3) is 3.23. The second-order valence-electron chi connectivity index (χ2n) is 5.47. The van der Waals surface area contributed by atoms with Crippen LogP contribution < -0.4 is 16.0 Å². The van der Waals surface area contributed by atoms with E-state index in [0.29, 0.717) is 5.11 Å². The van der Waals surface area contributed by atoms with E-state index in [-0.39, 0.29) is 12.3 Å². The molecule has 2 unspecified atom stereocenters. The van der Waals surface area contributed by atoms with Crippen LogP contribution in [0.25, 0.3) is 0 Å². The van der Waals surface area contributed by atoms with E-state index in [1.54, 1.807) is 0 Å². The predicted octanol–water partition coefficient (Wildman–Crippen LogP) is 3.07. The van der Waals surface area contributed by atoms with Crippen molar-refractivity contribution in [3.63, 3.8) is 0 Å². The van der Waals surface area contributed by atoms with E-state index < -0.39 is 0 Å². The van der Waals surface area contributed by atoms with E-state index in [0.717, 1.165) is 0 Å². The van der Waals surface area contributed by atoms with Gasteiger partial charge < -0.3 is 10.6 Å². The molecule has 1 saturated heterocycles. The summed E-state index contributed by atoms with van der Waals surface area (Å²) in [6.45, 7) is 4.18. The predicted molar refractivity (Wildman–Crippen MR) is 89.8 cm³/mol. The summed E-state index contributed by atoms with van der Waals surface area (Å²) in [5, 5.41) is 10.8. The Morgan fingerprint density at radius 1 is 0.714 bits per heavy atom. The van der Waals surface area contributed by atoms with Crippen LogP contribution in [0, 0.1) is 13.8 Å². The molecule has 0 aromatic heterocycles. The van der Waals surface area contributed by atoms with Gasteiger partial charge in [-0.05, 0) is 37.2 Å². The summed E-state index contributed by atoms with van der Waals surface area (Å²) < 4.78 is 0. The molecule has 0 aliphatic carbocycles. The average molecular weight is 297 g/mol. The quantitative estimate of drug-likeness (QED) is 0.745. The van der Waals surface area contributed by atoms with Crippen molar-refractivity contribution in [3.05, 3.63) is 70.8 Å². The van der Waals surface area contributed by atoms with Gasteiger partial charge in [0, 0.05) is 0 Å². The van der Waals surface area contributed by atoms with E-state index in [1.807, 2.05) is 0 Å². The lowest BCUT2D eigenvalue weighted by atomic mass is 10.1. The van der Waals surface area contributed by atoms with Gasteiger partial charge in [0.2, 0.25) is 0 Å². The van der Waals surface area contributed by atoms with Gasteiger partial charge in [-0.25, -0.2) is 0 Å². The van der Waals surface area contributed by atoms with Gasteiger partial charge in [0.05, 0.1) is 0 Å². The summed E-state index contributed by atoms with van der Waals surface area (Å²) in [5.41, 5.74) is 4.87. The van der Waals surface area contributed by atoms with Crippen LogP contribution in [0.1, 0.15) is 34.6 Å². The summed E-state index contributed by atoms with van der Waals surface area (Å²) in [4.78, 5) is 0. The summed E-state index contributed by atoms with van der Waals surface area (Å²) in [7, 11) is 0. The molecule has 3 N–H and O–H groups in total. The number of nitrogens with one attached hydrogen (secondary N) is 3. The molecular weight excluding hydrogens is 278 g/mol. The molecule has 21 heavy (non-hydrogen) atoms. The van der Waals surface area contributed by atoms with Gasteiger partial charge in [0.1, 0.15) is 12.3 Å². The second-order valence-corrected chi connectivity index (χ2v) is 5.88. The molecule has 1 heterocycles. The fraction of sp³-hybridized carbons (Fsp3) is 0.235. The standard InChI is InChI=1S/C17H19N3S/c1-11-3-7-13(8-4-11)15-18-16(20-17(21)19-15)14-9-5-12(2)6-10-14/h3-10,15-16,18H,1-2H3,(H2,19,20,21). The molecule has 1 fully saturated rings. The molecule has 1 aliphatic rings. The van der Waals surface area contributed by atoms with Gasteiger partial charge in [-0.2, -0.15) is 0 Å². The molecule has 1 aliphatic heterocycles. The second kappa shape index (κ2) is 5.84. The normalized spacial score (nSPS) is 21.5. The van der Waals surface area contributed by atoms with Gasteiger partial charge in [-0.15, -0.1) is 0 Å². The van der Waals surface area contributed by atoms with E-state index >= 15 is 0 Å². The van der Waals surface area contributed by atoms with Crippen molar-refractivity contribution in [1.29, 1.82) is 0 Å². The molecule has 2 aromatic rings. The first-order valence-corrected chi connectivity index (χ1v) is 7.49. The lowest BCUT2D eigenvalue weighted by Gasteiger charge is -2.35. The van der Waals surface area contributed by atoms with Gasteiger partial charge in [-0.3, -0.25) is 5.32 Å². The van der Waals surface area contributed by atoms with Gasteiger partial charge >= 0.3 is 0 Å². The van der Waals surface area contributed by atoms with Crippen molar-refractivity contribution in [2.24, 2.45) is 0 Å². The number of rotatable bonds is 2. The largest absolute Gasteiger partial charge is 0.343 e. The Kier molecular flexibility index (Phi) is 3.90. The summed E-state index contributed by atoms with van der Waals surface area (Å²) in [6, 6.07) is 17.0. The Morgan fingerprint density at radius 2 is 1.10 bits per heavy atom. The molecule has 3 rings (SSSR count). The average Bonchev–Trinajstić information content (AvgIpc) is 2.48. The molecule has 0 radical (unpaired) electrons. The zero-order valence-electron chi connectivity index (χ0n) is 12.2. The molecule has 0 saturated carbocycles. The van der Waals surface area contributed by atoms with Crippen molar-refractivity contribution in [3.8, 4) is 0 Å². The molecule has 2 aromatic carbocycles. The SMILES string of the molecule is Cc1ccc(C2NC(=S)NC(c3ccc(C)cc3)N2)cc1. The van der Waals surface area contributed by atoms with Crippen LogP contribution in [0.5, 0.6) is 0 Å². The molecular formula is C17H19N3S. The molecule has 0 bridgehead atoms. The Morgan fingerprint density at radius 3 is 1.48 bits per heavy atom. The molecule has 0 spiro atoms. The van der Waals surface area contributed by atoms with Gasteiger partial charge in [-0.1, -0.05) is 59.7 Å². The highest BCUT2D eigenvalue weighted by molar-refractivity contribution is 7.80. The first kappa shape index (κ1) is 14.0. The maximum Gasteiger partial charge on any atom is 0.169 e. The van der Waals surface area contributed by atoms with Crippen molar-refractivity contribution in [1.82, 2.24) is 16.0 Å². The zero-order valence-corrected chi connectivity index (χ0v) is 13.0. The molecule has 0 amide bonds. The highest BCUT2D eigenvalue weighted by atomic mass is 32.1. The molecule has 108 valence electrons. The highest BCUT2D eigenvalue weighted by Gasteiger charge is 2.24. The van der Waals surface area contributed by atoms with Crippen LogP contribution in [-0.2, 0) is 0 Å². The minimum atomic E-state index is 0.0191. The van der Waals surface area contributed by atoms with Crippen molar-refractivity contribution >= 4 is 17.3 Å². The van der Waals surface area contributed by atoms with Crippen molar-refractivity contribution in [2.75, 3.05) is 0 Å². The number of thiocarbonyl (C=S) groups is 1. The Balaban J connectivity index is 1.82. The monoisotopic (exact) mass is 297 g/mol. The summed E-state index contributed by atoms with van der Waals surface area (Å²) in [6.07, 6.45) is 0.0382. The highest BCUT2D eigenvalue weighted by Crippen LogP contribution is 2.20. The third-order valence-electron chi connectivity index (χ3n) is 3.71. The maximum absolute atomic E-state index is 5.35. The van der Waals surface area contributed by atoms with Crippen LogP contribution >= 0.6 is 12.2 Å². The lowest BCUT2D eigenvalue weighted by Crippen LogP contribution is -2.55. The Hall–Kier alpha value is -1.91. The number of hydrogen-bond acceptors (Lipinski definition) is 2. The minimum absolute atomic E-state index is 0.0191. The van der Waals surface area contributed by atoms with Gasteiger partial charge in [0.15, 0.2) is 5.11 Å². The van der Waals surface area contributed by atoms with Crippen LogP contribution in [0.4, 0.5) is 0 Å². The Labute approximate surface area is 130 Å². The van der Waals surface area contributed by atoms with E-state index in [4.69, 9.17) is 12.2 Å². The summed E-state index contributed by atoms with van der Waals surface area (Å²) >= 11 is 5.35. The zero-order chi connectivity index (χ0) is 14.8. The van der Waals surface area contributed by atoms with Crippen LogP contribution in [-0.4, -0.2) is 5.11 Å². The van der Waals surface area contributed by atoms with Crippen LogP contribution in [0.3, 0.4) is 0 Å². The number of hydrogen-bond donors (Lipinski definition) is 3. The first-order chi connectivity index (χ1) is 10.1. The van der Waals surface area contributed by atoms with E-state index in [9.17, 15) is 0 Å². The van der Waals surface area contributed by atoms with Crippen LogP contribution in [0.2, 0.25) is 0 Å². The van der Waals surface area contributed by atoms with Crippen molar-refractivity contribution < 1.29 is 0 Å². The lowest BCUT2D eigenvalue weighted by molar-refractivity contribution is 0.368. The Bertz CT molecular complexity index is 579. The summed E-state index contributed by atoms with van der Waals surface area (Å²) in [5.74, 6) is 0. The fourth-order valence-electron chi connectivity index (χ4n) is 2.43.